The molecule has 1 aromatic carbocycles. The van der Waals surface area contributed by atoms with Crippen molar-refractivity contribution in [1.29, 1.82) is 0 Å². The number of hydrogen-bond acceptors (Lipinski definition) is 4. The number of hydrogen-bond donors (Lipinski definition) is 0. The van der Waals surface area contributed by atoms with Crippen LogP contribution >= 0.6 is 0 Å². The number of ether oxygens (including phenoxy) is 3. The van der Waals surface area contributed by atoms with Gasteiger partial charge in [0.2, 0.25) is 0 Å². The predicted molar refractivity (Wildman–Crippen MR) is 104 cm³/mol. The zero-order valence-corrected chi connectivity index (χ0v) is 16.4. The number of unbranched alkanes of at least 4 members (excludes halogenated alkanes) is 5. The number of pyridine rings is 1. The van der Waals surface area contributed by atoms with Crippen molar-refractivity contribution in [3.63, 3.8) is 0 Å². The third-order valence-electron chi connectivity index (χ3n) is 4.26. The van der Waals surface area contributed by atoms with E-state index < -0.39 is 0 Å². The van der Waals surface area contributed by atoms with Crippen LogP contribution in [0.4, 0.5) is 0 Å². The summed E-state index contributed by atoms with van der Waals surface area (Å²) in [5, 5.41) is 0. The number of aromatic nitrogens is 1. The minimum absolute atomic E-state index is 0.249. The quantitative estimate of drug-likeness (QED) is 0.320. The molecule has 2 rings (SSSR count). The van der Waals surface area contributed by atoms with Crippen LogP contribution in [0.2, 0.25) is 0 Å². The highest BCUT2D eigenvalue weighted by molar-refractivity contribution is 5.88. The second-order valence-electron chi connectivity index (χ2n) is 6.54. The minimum atomic E-state index is -0.249. The molecule has 0 fully saturated rings. The van der Waals surface area contributed by atoms with Gasteiger partial charge in [-0.25, -0.2) is 9.36 Å². The van der Waals surface area contributed by atoms with Gasteiger partial charge in [-0.05, 0) is 31.0 Å². The van der Waals surface area contributed by atoms with E-state index in [0.29, 0.717) is 12.2 Å². The molecular formula is C22H30NO4+. The Hall–Kier alpha value is -2.56. The fourth-order valence-electron chi connectivity index (χ4n) is 2.75. The SMILES string of the molecule is COc1cccc(OCCCCCCCCOC(=O)c2ccc[n+](C)c2)c1. The summed E-state index contributed by atoms with van der Waals surface area (Å²) in [6, 6.07) is 11.3. The second kappa shape index (κ2) is 11.9. The molecule has 0 N–H and O–H groups in total. The number of methoxy groups -OCH3 is 1. The van der Waals surface area contributed by atoms with Crippen LogP contribution in [0.25, 0.3) is 0 Å². The maximum absolute atomic E-state index is 11.9. The topological polar surface area (TPSA) is 48.6 Å². The van der Waals surface area contributed by atoms with Gasteiger partial charge in [-0.3, -0.25) is 0 Å². The Morgan fingerprint density at radius 3 is 2.37 bits per heavy atom. The average molecular weight is 372 g/mol. The van der Waals surface area contributed by atoms with Gasteiger partial charge < -0.3 is 14.2 Å². The van der Waals surface area contributed by atoms with Crippen molar-refractivity contribution in [1.82, 2.24) is 0 Å². The lowest BCUT2D eigenvalue weighted by molar-refractivity contribution is -0.671. The summed E-state index contributed by atoms with van der Waals surface area (Å²) in [7, 11) is 3.54. The van der Waals surface area contributed by atoms with Crippen LogP contribution in [0.5, 0.6) is 11.5 Å². The van der Waals surface area contributed by atoms with E-state index in [1.54, 1.807) is 19.4 Å². The van der Waals surface area contributed by atoms with Gasteiger partial charge in [0.15, 0.2) is 12.4 Å². The molecule has 0 aliphatic heterocycles. The normalized spacial score (nSPS) is 10.4. The Labute approximate surface area is 161 Å². The number of esters is 1. The summed E-state index contributed by atoms with van der Waals surface area (Å²) >= 11 is 0. The molecule has 0 amide bonds. The van der Waals surface area contributed by atoms with Crippen molar-refractivity contribution in [2.75, 3.05) is 20.3 Å². The van der Waals surface area contributed by atoms with Gasteiger partial charge in [0.05, 0.1) is 20.3 Å². The summed E-state index contributed by atoms with van der Waals surface area (Å²) < 4.78 is 18.1. The van der Waals surface area contributed by atoms with Gasteiger partial charge in [0.25, 0.3) is 0 Å². The lowest BCUT2D eigenvalue weighted by Crippen LogP contribution is -2.28. The van der Waals surface area contributed by atoms with E-state index in [0.717, 1.165) is 50.2 Å². The van der Waals surface area contributed by atoms with Crippen LogP contribution in [0.15, 0.2) is 48.8 Å². The molecule has 0 radical (unpaired) electrons. The highest BCUT2D eigenvalue weighted by Crippen LogP contribution is 2.19. The largest absolute Gasteiger partial charge is 0.497 e. The molecule has 0 aliphatic carbocycles. The Balaban J connectivity index is 1.45. The molecule has 0 bridgehead atoms. The predicted octanol–water partition coefficient (Wildman–Crippen LogP) is 4.10. The van der Waals surface area contributed by atoms with Gasteiger partial charge in [-0.15, -0.1) is 0 Å². The first-order chi connectivity index (χ1) is 13.2. The average Bonchev–Trinajstić information content (AvgIpc) is 2.69. The molecule has 0 aliphatic rings. The second-order valence-corrected chi connectivity index (χ2v) is 6.54. The van der Waals surface area contributed by atoms with E-state index in [9.17, 15) is 4.79 Å². The van der Waals surface area contributed by atoms with Crippen LogP contribution in [-0.4, -0.2) is 26.3 Å². The number of carbonyl (C=O) groups excluding carboxylic acids is 1. The number of carbonyl (C=O) groups is 1. The maximum Gasteiger partial charge on any atom is 0.344 e. The van der Waals surface area contributed by atoms with E-state index in [2.05, 4.69) is 0 Å². The van der Waals surface area contributed by atoms with Crippen molar-refractivity contribution in [3.05, 3.63) is 54.4 Å². The lowest BCUT2D eigenvalue weighted by Gasteiger charge is -2.07. The summed E-state index contributed by atoms with van der Waals surface area (Å²) in [4.78, 5) is 11.9. The van der Waals surface area contributed by atoms with E-state index in [1.807, 2.05) is 48.1 Å². The lowest BCUT2D eigenvalue weighted by atomic mass is 10.1. The van der Waals surface area contributed by atoms with Crippen LogP contribution < -0.4 is 14.0 Å². The molecule has 1 heterocycles. The van der Waals surface area contributed by atoms with Crippen LogP contribution in [0.3, 0.4) is 0 Å². The zero-order valence-electron chi connectivity index (χ0n) is 16.4. The van der Waals surface area contributed by atoms with Crippen LogP contribution in [-0.2, 0) is 11.8 Å². The monoisotopic (exact) mass is 372 g/mol. The van der Waals surface area contributed by atoms with Gasteiger partial charge in [-0.2, -0.15) is 0 Å². The van der Waals surface area contributed by atoms with Gasteiger partial charge in [-0.1, -0.05) is 31.7 Å². The fourth-order valence-corrected chi connectivity index (χ4v) is 2.75. The molecule has 0 unspecified atom stereocenters. The number of nitrogens with zero attached hydrogens (tertiary/aromatic N) is 1. The zero-order chi connectivity index (χ0) is 19.3. The van der Waals surface area contributed by atoms with Gasteiger partial charge >= 0.3 is 5.97 Å². The first kappa shape index (κ1) is 20.7. The summed E-state index contributed by atoms with van der Waals surface area (Å²) in [6.07, 6.45) is 10.1. The molecule has 0 atom stereocenters. The third kappa shape index (κ3) is 8.11. The Bertz CT molecular complexity index is 702. The maximum atomic E-state index is 11.9. The molecule has 1 aromatic heterocycles. The first-order valence-corrected chi connectivity index (χ1v) is 9.58. The highest BCUT2D eigenvalue weighted by Gasteiger charge is 2.09. The number of benzene rings is 1. The van der Waals surface area contributed by atoms with E-state index in [4.69, 9.17) is 14.2 Å². The molecule has 5 nitrogen and oxygen atoms in total. The fraction of sp³-hybridized carbons (Fsp3) is 0.455. The Morgan fingerprint density at radius 1 is 0.926 bits per heavy atom. The third-order valence-corrected chi connectivity index (χ3v) is 4.26. The van der Waals surface area contributed by atoms with Crippen molar-refractivity contribution in [3.8, 4) is 11.5 Å². The molecule has 0 saturated heterocycles. The molecule has 0 saturated carbocycles. The van der Waals surface area contributed by atoms with Crippen molar-refractivity contribution < 1.29 is 23.6 Å². The van der Waals surface area contributed by atoms with Gasteiger partial charge in [0, 0.05) is 12.1 Å². The summed E-state index contributed by atoms with van der Waals surface area (Å²) in [6.45, 7) is 1.20. The van der Waals surface area contributed by atoms with E-state index in [1.165, 1.54) is 6.42 Å². The number of aryl methyl sites for hydroxylation is 1. The molecule has 2 aromatic rings. The van der Waals surface area contributed by atoms with E-state index >= 15 is 0 Å². The molecule has 146 valence electrons. The molecule has 5 heteroatoms. The summed E-state index contributed by atoms with van der Waals surface area (Å²) in [5.41, 5.74) is 0.594. The van der Waals surface area contributed by atoms with Crippen LogP contribution in [0.1, 0.15) is 48.9 Å². The van der Waals surface area contributed by atoms with E-state index in [-0.39, 0.29) is 5.97 Å². The molecule has 0 spiro atoms. The summed E-state index contributed by atoms with van der Waals surface area (Å²) in [5.74, 6) is 1.42. The standard InChI is InChI=1S/C22H30NO4/c1-23-14-10-11-19(18-23)22(24)27-16-8-6-4-3-5-7-15-26-21-13-9-12-20(17-21)25-2/h9-14,17-18H,3-8,15-16H2,1-2H3/q+1. The minimum Gasteiger partial charge on any atom is -0.497 e. The first-order valence-electron chi connectivity index (χ1n) is 9.58. The number of rotatable bonds is 12. The highest BCUT2D eigenvalue weighted by atomic mass is 16.5. The van der Waals surface area contributed by atoms with Crippen molar-refractivity contribution in [2.24, 2.45) is 7.05 Å². The smallest absolute Gasteiger partial charge is 0.344 e. The van der Waals surface area contributed by atoms with Crippen LogP contribution in [0, 0.1) is 0 Å². The Morgan fingerprint density at radius 2 is 1.63 bits per heavy atom. The molecular weight excluding hydrogens is 342 g/mol. The Kier molecular flexibility index (Phi) is 9.18. The van der Waals surface area contributed by atoms with Gasteiger partial charge in [0.1, 0.15) is 24.1 Å². The van der Waals surface area contributed by atoms with Crippen molar-refractivity contribution >= 4 is 5.97 Å². The van der Waals surface area contributed by atoms with Crippen molar-refractivity contribution in [2.45, 2.75) is 38.5 Å². The molecule has 27 heavy (non-hydrogen) atoms.